The van der Waals surface area contributed by atoms with E-state index in [0.29, 0.717) is 5.88 Å². The van der Waals surface area contributed by atoms with Gasteiger partial charge < -0.3 is 5.32 Å². The lowest BCUT2D eigenvalue weighted by molar-refractivity contribution is -0.115. The topological polar surface area (TPSA) is 46.9 Å². The molecule has 0 spiro atoms. The molecule has 26 heavy (non-hydrogen) atoms. The summed E-state index contributed by atoms with van der Waals surface area (Å²) in [5.74, 6) is 1.53. The second-order valence-electron chi connectivity index (χ2n) is 5.78. The molecule has 0 aliphatic carbocycles. The predicted octanol–water partition coefficient (Wildman–Crippen LogP) is 4.89. The number of carbonyl (C=O) groups excluding carboxylic acids is 1. The monoisotopic (exact) mass is 383 g/mol. The second kappa shape index (κ2) is 9.50. The molecule has 6 heteroatoms. The summed E-state index contributed by atoms with van der Waals surface area (Å²) in [6.07, 6.45) is 3.56. The third-order valence-corrected chi connectivity index (χ3v) is 5.93. The number of thioether (sulfide) groups is 2. The largest absolute Gasteiger partial charge is 0.322 e. The van der Waals surface area contributed by atoms with Crippen LogP contribution in [0, 0.1) is 0 Å². The number of anilines is 1. The maximum atomic E-state index is 12.3. The maximum absolute atomic E-state index is 12.3. The molecule has 3 aromatic rings. The molecule has 1 amide bonds. The van der Waals surface area contributed by atoms with Crippen molar-refractivity contribution in [2.24, 2.45) is 0 Å². The Labute approximate surface area is 162 Å². The van der Waals surface area contributed by atoms with Crippen LogP contribution < -0.4 is 5.32 Å². The number of amides is 1. The van der Waals surface area contributed by atoms with Crippen LogP contribution in [-0.2, 0) is 16.4 Å². The summed E-state index contributed by atoms with van der Waals surface area (Å²) in [6, 6.07) is 20.4. The van der Waals surface area contributed by atoms with Gasteiger partial charge in [0.15, 0.2) is 0 Å². The summed E-state index contributed by atoms with van der Waals surface area (Å²) >= 11 is 3.33. The van der Waals surface area contributed by atoms with Crippen LogP contribution in [0.3, 0.4) is 0 Å². The van der Waals surface area contributed by atoms with E-state index in [1.165, 1.54) is 10.5 Å². The number of hydrogen-bond donors (Lipinski definition) is 1. The zero-order chi connectivity index (χ0) is 18.2. The zero-order valence-electron chi connectivity index (χ0n) is 14.5. The average molecular weight is 384 g/mol. The van der Waals surface area contributed by atoms with Gasteiger partial charge in [-0.2, -0.15) is 5.10 Å². The van der Waals surface area contributed by atoms with E-state index in [1.54, 1.807) is 29.7 Å². The van der Waals surface area contributed by atoms with Crippen LogP contribution in [0.15, 0.2) is 78.0 Å². The minimum Gasteiger partial charge on any atom is -0.322 e. The number of benzene rings is 2. The molecule has 0 saturated heterocycles. The van der Waals surface area contributed by atoms with Crippen molar-refractivity contribution in [1.82, 2.24) is 9.78 Å². The predicted molar refractivity (Wildman–Crippen MR) is 110 cm³/mol. The molecule has 0 bridgehead atoms. The van der Waals surface area contributed by atoms with Crippen LogP contribution >= 0.6 is 23.5 Å². The lowest BCUT2D eigenvalue weighted by Crippen LogP contribution is -2.22. The molecule has 4 nitrogen and oxygen atoms in total. The Kier molecular flexibility index (Phi) is 6.80. The molecule has 0 aliphatic rings. The molecule has 0 unspecified atom stereocenters. The van der Waals surface area contributed by atoms with Gasteiger partial charge in [0.25, 0.3) is 0 Å². The van der Waals surface area contributed by atoms with Crippen LogP contribution in [0.2, 0.25) is 0 Å². The van der Waals surface area contributed by atoms with Crippen molar-refractivity contribution >= 4 is 35.1 Å². The molecule has 1 N–H and O–H groups in total. The summed E-state index contributed by atoms with van der Waals surface area (Å²) in [4.78, 5) is 13.5. The molecule has 1 atom stereocenters. The molecular formula is C20H21N3OS2. The van der Waals surface area contributed by atoms with Crippen molar-refractivity contribution in [3.05, 3.63) is 78.6 Å². The van der Waals surface area contributed by atoms with E-state index in [0.717, 1.165) is 11.4 Å². The Morgan fingerprint density at radius 2 is 1.81 bits per heavy atom. The molecule has 0 radical (unpaired) electrons. The zero-order valence-corrected chi connectivity index (χ0v) is 16.2. The highest BCUT2D eigenvalue weighted by atomic mass is 32.2. The standard InChI is InChI=1S/C20H21N3OS2/c1-16(25-14-17-8-4-2-5-9-17)20(24)22-18-12-21-23(13-18)15-26-19-10-6-3-7-11-19/h2-13,16H,14-15H2,1H3,(H,22,24)/t16-/m0/s1. The fraction of sp³-hybridized carbons (Fsp3) is 0.200. The van der Waals surface area contributed by atoms with Gasteiger partial charge in [-0.25, -0.2) is 0 Å². The Morgan fingerprint density at radius 1 is 1.12 bits per heavy atom. The fourth-order valence-corrected chi connectivity index (χ4v) is 3.89. The van der Waals surface area contributed by atoms with Gasteiger partial charge in [-0.1, -0.05) is 48.5 Å². The molecule has 3 rings (SSSR count). The van der Waals surface area contributed by atoms with E-state index in [4.69, 9.17) is 0 Å². The summed E-state index contributed by atoms with van der Waals surface area (Å²) in [5.41, 5.74) is 1.96. The summed E-state index contributed by atoms with van der Waals surface area (Å²) < 4.78 is 1.83. The third-order valence-electron chi connectivity index (χ3n) is 3.72. The first-order chi connectivity index (χ1) is 12.7. The van der Waals surface area contributed by atoms with Crippen LogP contribution in [0.25, 0.3) is 0 Å². The Morgan fingerprint density at radius 3 is 2.54 bits per heavy atom. The van der Waals surface area contributed by atoms with E-state index in [1.807, 2.05) is 54.2 Å². The quantitative estimate of drug-likeness (QED) is 0.563. The van der Waals surface area contributed by atoms with Crippen molar-refractivity contribution < 1.29 is 4.79 Å². The molecule has 0 aliphatic heterocycles. The lowest BCUT2D eigenvalue weighted by Gasteiger charge is -2.10. The lowest BCUT2D eigenvalue weighted by atomic mass is 10.2. The normalized spacial score (nSPS) is 11.9. The van der Waals surface area contributed by atoms with Crippen molar-refractivity contribution in [3.8, 4) is 0 Å². The van der Waals surface area contributed by atoms with Crippen LogP contribution in [-0.4, -0.2) is 20.9 Å². The van der Waals surface area contributed by atoms with Gasteiger partial charge in [0, 0.05) is 16.8 Å². The second-order valence-corrected chi connectivity index (χ2v) is 8.13. The molecule has 0 fully saturated rings. The molecule has 134 valence electrons. The first kappa shape index (κ1) is 18.6. The van der Waals surface area contributed by atoms with Gasteiger partial charge >= 0.3 is 0 Å². The number of rotatable bonds is 8. The van der Waals surface area contributed by atoms with Gasteiger partial charge in [-0.05, 0) is 24.6 Å². The molecule has 0 saturated carbocycles. The molecule has 1 heterocycles. The van der Waals surface area contributed by atoms with Crippen LogP contribution in [0.4, 0.5) is 5.69 Å². The first-order valence-corrected chi connectivity index (χ1v) is 10.4. The van der Waals surface area contributed by atoms with Crippen LogP contribution in [0.1, 0.15) is 12.5 Å². The maximum Gasteiger partial charge on any atom is 0.237 e. The average Bonchev–Trinajstić information content (AvgIpc) is 3.13. The minimum absolute atomic E-state index is 0.00111. The number of hydrogen-bond acceptors (Lipinski definition) is 4. The van der Waals surface area contributed by atoms with E-state index < -0.39 is 0 Å². The first-order valence-electron chi connectivity index (χ1n) is 8.37. The number of aromatic nitrogens is 2. The van der Waals surface area contributed by atoms with E-state index in [2.05, 4.69) is 34.7 Å². The van der Waals surface area contributed by atoms with E-state index >= 15 is 0 Å². The van der Waals surface area contributed by atoms with Gasteiger partial charge in [0.2, 0.25) is 5.91 Å². The van der Waals surface area contributed by atoms with E-state index in [9.17, 15) is 4.79 Å². The summed E-state index contributed by atoms with van der Waals surface area (Å²) in [7, 11) is 0. The van der Waals surface area contributed by atoms with Crippen molar-refractivity contribution in [3.63, 3.8) is 0 Å². The Balaban J connectivity index is 1.46. The van der Waals surface area contributed by atoms with E-state index in [-0.39, 0.29) is 11.2 Å². The van der Waals surface area contributed by atoms with Gasteiger partial charge in [0.05, 0.1) is 23.0 Å². The van der Waals surface area contributed by atoms with Gasteiger partial charge in [-0.3, -0.25) is 9.48 Å². The minimum atomic E-state index is -0.128. The van der Waals surface area contributed by atoms with Crippen molar-refractivity contribution in [2.45, 2.75) is 28.7 Å². The Hall–Kier alpha value is -2.18. The van der Waals surface area contributed by atoms with Gasteiger partial charge in [0.1, 0.15) is 0 Å². The highest BCUT2D eigenvalue weighted by molar-refractivity contribution is 7.99. The third kappa shape index (κ3) is 5.68. The molecule has 2 aromatic carbocycles. The van der Waals surface area contributed by atoms with Crippen molar-refractivity contribution in [2.75, 3.05) is 5.32 Å². The molecular weight excluding hydrogens is 362 g/mol. The van der Waals surface area contributed by atoms with Gasteiger partial charge in [-0.15, -0.1) is 23.5 Å². The smallest absolute Gasteiger partial charge is 0.237 e. The molecule has 1 aromatic heterocycles. The number of carbonyl (C=O) groups is 1. The highest BCUT2D eigenvalue weighted by Crippen LogP contribution is 2.21. The summed E-state index contributed by atoms with van der Waals surface area (Å²) in [6.45, 7) is 1.93. The summed E-state index contributed by atoms with van der Waals surface area (Å²) in [5, 5.41) is 7.13. The SMILES string of the molecule is C[C@H](SCc1ccccc1)C(=O)Nc1cnn(CSc2ccccc2)c1. The van der Waals surface area contributed by atoms with Crippen molar-refractivity contribution in [1.29, 1.82) is 0 Å². The Bertz CT molecular complexity index is 821. The number of nitrogens with zero attached hydrogens (tertiary/aromatic N) is 2. The fourth-order valence-electron chi connectivity index (χ4n) is 2.27. The number of nitrogens with one attached hydrogen (secondary N) is 1. The van der Waals surface area contributed by atoms with Crippen LogP contribution in [0.5, 0.6) is 0 Å². The highest BCUT2D eigenvalue weighted by Gasteiger charge is 2.14.